The van der Waals surface area contributed by atoms with Crippen LogP contribution in [0.15, 0.2) is 60.4 Å². The van der Waals surface area contributed by atoms with Crippen LogP contribution in [0, 0.1) is 12.7 Å². The number of methoxy groups -OCH3 is 1. The second-order valence-corrected chi connectivity index (χ2v) is 8.31. The molecule has 0 aromatic heterocycles. The molecular formula is C27H22FNO5. The third kappa shape index (κ3) is 4.06. The van der Waals surface area contributed by atoms with Gasteiger partial charge in [0.1, 0.15) is 24.0 Å². The highest BCUT2D eigenvalue weighted by Gasteiger charge is 2.35. The molecular weight excluding hydrogens is 437 g/mol. The summed E-state index contributed by atoms with van der Waals surface area (Å²) < 4.78 is 30.0. The molecule has 0 saturated carbocycles. The van der Waals surface area contributed by atoms with E-state index in [0.717, 1.165) is 22.3 Å². The van der Waals surface area contributed by atoms with E-state index in [1.807, 2.05) is 13.0 Å². The van der Waals surface area contributed by atoms with Gasteiger partial charge in [0.2, 0.25) is 5.78 Å². The minimum Gasteiger partial charge on any atom is -0.478 e. The first kappa shape index (κ1) is 21.9. The molecule has 0 unspecified atom stereocenters. The molecule has 34 heavy (non-hydrogen) atoms. The molecule has 2 aliphatic rings. The highest BCUT2D eigenvalue weighted by Crippen LogP contribution is 2.44. The zero-order valence-electron chi connectivity index (χ0n) is 18.8. The number of ether oxygens (including phenoxy) is 3. The quantitative estimate of drug-likeness (QED) is 0.409. The summed E-state index contributed by atoms with van der Waals surface area (Å²) in [6, 6.07) is 15.0. The largest absolute Gasteiger partial charge is 0.478 e. The van der Waals surface area contributed by atoms with Crippen molar-refractivity contribution in [2.24, 2.45) is 0 Å². The van der Waals surface area contributed by atoms with Gasteiger partial charge in [0, 0.05) is 13.1 Å². The number of carbonyl (C=O) groups excluding carboxylic acids is 2. The average Bonchev–Trinajstić information content (AvgIpc) is 3.17. The van der Waals surface area contributed by atoms with Crippen LogP contribution in [-0.2, 0) is 17.8 Å². The number of hydrogen-bond donors (Lipinski definition) is 0. The topological polar surface area (TPSA) is 65.1 Å². The molecule has 0 bridgehead atoms. The molecule has 0 radical (unpaired) electrons. The first-order valence-corrected chi connectivity index (χ1v) is 10.8. The molecule has 3 aromatic carbocycles. The van der Waals surface area contributed by atoms with Gasteiger partial charge in [0.15, 0.2) is 5.76 Å². The molecule has 0 spiro atoms. The van der Waals surface area contributed by atoms with Crippen LogP contribution in [0.25, 0.3) is 6.08 Å². The van der Waals surface area contributed by atoms with Crippen molar-refractivity contribution in [3.05, 3.63) is 99.6 Å². The maximum atomic E-state index is 13.2. The van der Waals surface area contributed by atoms with E-state index in [-0.39, 0.29) is 17.4 Å². The van der Waals surface area contributed by atoms with E-state index >= 15 is 0 Å². The fourth-order valence-electron chi connectivity index (χ4n) is 4.21. The van der Waals surface area contributed by atoms with Crippen LogP contribution in [0.5, 0.6) is 11.5 Å². The Bertz CT molecular complexity index is 1310. The van der Waals surface area contributed by atoms with E-state index in [4.69, 9.17) is 14.2 Å². The molecule has 0 atom stereocenters. The van der Waals surface area contributed by atoms with E-state index in [2.05, 4.69) is 4.90 Å². The number of esters is 1. The van der Waals surface area contributed by atoms with Crippen LogP contribution in [0.1, 0.15) is 43.0 Å². The summed E-state index contributed by atoms with van der Waals surface area (Å²) in [7, 11) is 1.33. The zero-order valence-corrected chi connectivity index (χ0v) is 18.8. The molecule has 2 heterocycles. The Morgan fingerprint density at radius 3 is 2.59 bits per heavy atom. The second kappa shape index (κ2) is 8.76. The molecule has 2 aliphatic heterocycles. The summed E-state index contributed by atoms with van der Waals surface area (Å²) in [5.41, 5.74) is 4.25. The van der Waals surface area contributed by atoms with Crippen LogP contribution in [0.2, 0.25) is 0 Å². The van der Waals surface area contributed by atoms with Gasteiger partial charge >= 0.3 is 5.97 Å². The van der Waals surface area contributed by atoms with Gasteiger partial charge in [-0.05, 0) is 60.0 Å². The Labute approximate surface area is 196 Å². The number of carbonyl (C=O) groups is 2. The minimum absolute atomic E-state index is 0.192. The van der Waals surface area contributed by atoms with Crippen LogP contribution < -0.4 is 9.47 Å². The van der Waals surface area contributed by atoms with Crippen LogP contribution in [0.4, 0.5) is 4.39 Å². The molecule has 0 N–H and O–H groups in total. The van der Waals surface area contributed by atoms with E-state index in [1.54, 1.807) is 42.5 Å². The molecule has 0 saturated heterocycles. The van der Waals surface area contributed by atoms with Gasteiger partial charge < -0.3 is 14.2 Å². The van der Waals surface area contributed by atoms with Gasteiger partial charge in [-0.25, -0.2) is 9.18 Å². The average molecular weight is 459 g/mol. The monoisotopic (exact) mass is 459 g/mol. The summed E-state index contributed by atoms with van der Waals surface area (Å²) in [4.78, 5) is 26.9. The minimum atomic E-state index is -0.424. The second-order valence-electron chi connectivity index (χ2n) is 8.31. The third-order valence-electron chi connectivity index (χ3n) is 5.94. The number of Topliss-reactive ketones (excluding diaryl/α,β-unsaturated/α-hetero) is 1. The Morgan fingerprint density at radius 1 is 1.15 bits per heavy atom. The SMILES string of the molecule is COC(=O)c1ccc(/C=C2\Oc3c4c(cc(C)c3C2=O)OCN(Cc2ccc(F)cc2)C4)cc1. The molecule has 172 valence electrons. The van der Waals surface area contributed by atoms with Gasteiger partial charge in [0.25, 0.3) is 0 Å². The lowest BCUT2D eigenvalue weighted by atomic mass is 9.98. The van der Waals surface area contributed by atoms with Crippen molar-refractivity contribution in [3.8, 4) is 11.5 Å². The maximum Gasteiger partial charge on any atom is 0.337 e. The molecule has 3 aromatic rings. The van der Waals surface area contributed by atoms with Crippen molar-refractivity contribution in [3.63, 3.8) is 0 Å². The zero-order chi connectivity index (χ0) is 23.8. The van der Waals surface area contributed by atoms with Crippen molar-refractivity contribution in [1.29, 1.82) is 0 Å². The highest BCUT2D eigenvalue weighted by molar-refractivity contribution is 6.16. The summed E-state index contributed by atoms with van der Waals surface area (Å²) >= 11 is 0. The normalized spacial score (nSPS) is 16.0. The van der Waals surface area contributed by atoms with Crippen LogP contribution >= 0.6 is 0 Å². The first-order chi connectivity index (χ1) is 16.4. The molecule has 0 aliphatic carbocycles. The number of hydrogen-bond acceptors (Lipinski definition) is 6. The van der Waals surface area contributed by atoms with Crippen LogP contribution in [-0.4, -0.2) is 30.5 Å². The fraction of sp³-hybridized carbons (Fsp3) is 0.185. The fourth-order valence-corrected chi connectivity index (χ4v) is 4.21. The number of benzene rings is 3. The number of aryl methyl sites for hydroxylation is 1. The lowest BCUT2D eigenvalue weighted by Gasteiger charge is -2.30. The Hall–Kier alpha value is -3.97. The van der Waals surface area contributed by atoms with Crippen molar-refractivity contribution in [2.75, 3.05) is 13.8 Å². The summed E-state index contributed by atoms with van der Waals surface area (Å²) in [6.45, 7) is 3.35. The van der Waals surface area contributed by atoms with Crippen molar-refractivity contribution < 1.29 is 28.2 Å². The van der Waals surface area contributed by atoms with Gasteiger partial charge in [-0.1, -0.05) is 24.3 Å². The number of rotatable bonds is 4. The molecule has 0 fully saturated rings. The lowest BCUT2D eigenvalue weighted by molar-refractivity contribution is 0.0600. The van der Waals surface area contributed by atoms with Gasteiger partial charge in [-0.3, -0.25) is 9.69 Å². The van der Waals surface area contributed by atoms with Crippen molar-refractivity contribution >= 4 is 17.8 Å². The van der Waals surface area contributed by atoms with Crippen LogP contribution in [0.3, 0.4) is 0 Å². The van der Waals surface area contributed by atoms with E-state index < -0.39 is 5.97 Å². The van der Waals surface area contributed by atoms with E-state index in [1.165, 1.54) is 19.2 Å². The predicted octanol–water partition coefficient (Wildman–Crippen LogP) is 4.89. The van der Waals surface area contributed by atoms with Gasteiger partial charge in [-0.15, -0.1) is 0 Å². The summed E-state index contributed by atoms with van der Waals surface area (Å²) in [5, 5.41) is 0. The standard InChI is InChI=1S/C27H22FNO5/c1-16-11-22-21(14-29(15-33-22)13-18-5-9-20(28)10-6-18)26-24(16)25(30)23(34-26)12-17-3-7-19(8-4-17)27(31)32-2/h3-12H,13-15H2,1-2H3/b23-12-. The third-order valence-corrected chi connectivity index (χ3v) is 5.94. The van der Waals surface area contributed by atoms with E-state index in [0.29, 0.717) is 42.4 Å². The molecule has 6 nitrogen and oxygen atoms in total. The Balaban J connectivity index is 1.41. The first-order valence-electron chi connectivity index (χ1n) is 10.8. The molecule has 5 rings (SSSR count). The molecule has 0 amide bonds. The van der Waals surface area contributed by atoms with Gasteiger partial charge in [-0.2, -0.15) is 0 Å². The number of allylic oxidation sites excluding steroid dienone is 1. The number of nitrogens with zero attached hydrogens (tertiary/aromatic N) is 1. The van der Waals surface area contributed by atoms with Crippen molar-refractivity contribution in [1.82, 2.24) is 4.90 Å². The van der Waals surface area contributed by atoms with Crippen molar-refractivity contribution in [2.45, 2.75) is 20.0 Å². The Morgan fingerprint density at radius 2 is 1.88 bits per heavy atom. The lowest BCUT2D eigenvalue weighted by Crippen LogP contribution is -2.31. The predicted molar refractivity (Wildman–Crippen MR) is 123 cm³/mol. The Kier molecular flexibility index (Phi) is 5.63. The smallest absolute Gasteiger partial charge is 0.337 e. The van der Waals surface area contributed by atoms with Gasteiger partial charge in [0.05, 0.1) is 23.8 Å². The maximum absolute atomic E-state index is 13.2. The highest BCUT2D eigenvalue weighted by atomic mass is 19.1. The summed E-state index contributed by atoms with van der Waals surface area (Å²) in [5.74, 6) is 0.538. The number of halogens is 1. The summed E-state index contributed by atoms with van der Waals surface area (Å²) in [6.07, 6.45) is 1.66. The molecule has 7 heteroatoms. The number of ketones is 1. The number of fused-ring (bicyclic) bond motifs is 3. The van der Waals surface area contributed by atoms with E-state index in [9.17, 15) is 14.0 Å².